The first-order valence-electron chi connectivity index (χ1n) is 11.4. The predicted molar refractivity (Wildman–Crippen MR) is 134 cm³/mol. The summed E-state index contributed by atoms with van der Waals surface area (Å²) in [6.07, 6.45) is 5.93. The minimum absolute atomic E-state index is 0.0126. The minimum atomic E-state index is -3.87. The van der Waals surface area contributed by atoms with Gasteiger partial charge >= 0.3 is 187 Å². The maximum atomic E-state index is 4.51. The van der Waals surface area contributed by atoms with Crippen LogP contribution in [0.15, 0.2) is 82.3 Å². The zero-order chi connectivity index (χ0) is 22.2. The Morgan fingerprint density at radius 3 is 1.60 bits per heavy atom. The third kappa shape index (κ3) is 3.67. The molecule has 0 aliphatic heterocycles. The molecule has 0 fully saturated rings. The first-order chi connectivity index (χ1) is 13.9. The molecular formula is C27H40NSiTi. The summed E-state index contributed by atoms with van der Waals surface area (Å²) in [6, 6.07) is 23.1. The fraction of sp³-hybridized carbons (Fsp3) is 0.407. The fourth-order valence-electron chi connectivity index (χ4n) is 5.94. The van der Waals surface area contributed by atoms with Crippen LogP contribution in [0.2, 0.25) is 13.1 Å². The molecule has 161 valence electrons. The average Bonchev–Trinajstić information content (AvgIpc) is 3.18. The number of nitrogens with one attached hydrogen (secondary N) is 1. The van der Waals surface area contributed by atoms with E-state index in [2.05, 4.69) is 131 Å². The Labute approximate surface area is 186 Å². The van der Waals surface area contributed by atoms with Crippen LogP contribution in [0, 0.1) is 5.41 Å². The number of allylic oxidation sites excluding steroid dienone is 4. The molecule has 2 aromatic rings. The predicted octanol–water partition coefficient (Wildman–Crippen LogP) is 5.87. The summed E-state index contributed by atoms with van der Waals surface area (Å²) >= 11 is -3.87. The number of benzene rings is 2. The molecule has 0 atom stereocenters. The summed E-state index contributed by atoms with van der Waals surface area (Å²) in [6.45, 7) is 18.1. The summed E-state index contributed by atoms with van der Waals surface area (Å²) in [7, 11) is 0. The van der Waals surface area contributed by atoms with Crippen LogP contribution >= 0.6 is 0 Å². The van der Waals surface area contributed by atoms with Crippen molar-refractivity contribution >= 4 is 14.4 Å². The Hall–Kier alpha value is -1.19. The van der Waals surface area contributed by atoms with Crippen LogP contribution in [0.1, 0.15) is 48.0 Å². The van der Waals surface area contributed by atoms with E-state index in [1.165, 1.54) is 0 Å². The van der Waals surface area contributed by atoms with Gasteiger partial charge in [0.05, 0.1) is 0 Å². The molecule has 0 aromatic heterocycles. The van der Waals surface area contributed by atoms with E-state index in [0.29, 0.717) is 0 Å². The molecule has 0 spiro atoms. The summed E-state index contributed by atoms with van der Waals surface area (Å²) in [5, 5.41) is 0. The molecule has 0 saturated heterocycles. The molecule has 3 heteroatoms. The van der Waals surface area contributed by atoms with Gasteiger partial charge in [0.25, 0.3) is 0 Å². The van der Waals surface area contributed by atoms with Crippen LogP contribution in [0.25, 0.3) is 0 Å². The molecule has 3 rings (SSSR count). The van der Waals surface area contributed by atoms with E-state index in [4.69, 9.17) is 0 Å². The van der Waals surface area contributed by atoms with Crippen LogP contribution in [-0.2, 0) is 14.8 Å². The van der Waals surface area contributed by atoms with Gasteiger partial charge in [-0.1, -0.05) is 0 Å². The zero-order valence-electron chi connectivity index (χ0n) is 20.2. The SMILES string of the molecule is C[SiH](C)[Ti]([NH]C(C)(C)C)([C]1=C(C(C)(C)C)C=CC1)([c]1ccccc1)[c]1ccccc1. The van der Waals surface area contributed by atoms with Crippen molar-refractivity contribution in [2.75, 3.05) is 0 Å². The molecule has 0 bridgehead atoms. The molecule has 1 N–H and O–H groups in total. The maximum absolute atomic E-state index is 4.51. The van der Waals surface area contributed by atoms with E-state index in [0.717, 1.165) is 6.42 Å². The summed E-state index contributed by atoms with van der Waals surface area (Å²) in [5.41, 5.74) is 1.70. The first-order valence-corrected chi connectivity index (χ1v) is 20.1. The van der Waals surface area contributed by atoms with Gasteiger partial charge in [0.1, 0.15) is 0 Å². The molecule has 0 unspecified atom stereocenters. The van der Waals surface area contributed by atoms with E-state index in [9.17, 15) is 0 Å². The van der Waals surface area contributed by atoms with Crippen LogP contribution in [-0.4, -0.2) is 12.2 Å². The van der Waals surface area contributed by atoms with E-state index < -0.39 is 21.5 Å². The van der Waals surface area contributed by atoms with Gasteiger partial charge in [0.2, 0.25) is 0 Å². The van der Waals surface area contributed by atoms with E-state index in [1.54, 1.807) is 17.2 Å². The van der Waals surface area contributed by atoms with Crippen molar-refractivity contribution in [3.8, 4) is 0 Å². The third-order valence-corrected chi connectivity index (χ3v) is 34.3. The van der Waals surface area contributed by atoms with Crippen molar-refractivity contribution in [2.24, 2.45) is 5.41 Å². The van der Waals surface area contributed by atoms with Crippen LogP contribution in [0.3, 0.4) is 0 Å². The molecular weight excluding hydrogens is 414 g/mol. The summed E-state index contributed by atoms with van der Waals surface area (Å²) in [4.78, 5) is 0. The van der Waals surface area contributed by atoms with Crippen LogP contribution in [0.4, 0.5) is 0 Å². The van der Waals surface area contributed by atoms with Crippen molar-refractivity contribution in [1.29, 1.82) is 0 Å². The molecule has 1 aliphatic carbocycles. The van der Waals surface area contributed by atoms with Gasteiger partial charge in [0.15, 0.2) is 0 Å². The standard InChI is InChI=1S/C9H13.2C6H5.C4H10N.C2H7Si.Ti/c1-9(2,3)8-6-4-5-7-8;2*1-2-4-6-5-3-1;1-4(2,3)5;1-3-2;/h4,6H,5H2,1-3H3;2*1-5H;5H,1-3H3;3H,1-2H3;/q;;;-1;;+1. The van der Waals surface area contributed by atoms with E-state index in [1.807, 2.05) is 0 Å². The van der Waals surface area contributed by atoms with Gasteiger partial charge < -0.3 is 0 Å². The van der Waals surface area contributed by atoms with Gasteiger partial charge in [-0.25, -0.2) is 0 Å². The van der Waals surface area contributed by atoms with Crippen LogP contribution in [0.5, 0.6) is 0 Å². The molecule has 1 nitrogen and oxygen atoms in total. The molecule has 0 radical (unpaired) electrons. The van der Waals surface area contributed by atoms with Crippen molar-refractivity contribution in [3.05, 3.63) is 82.3 Å². The number of hydrogen-bond acceptors (Lipinski definition) is 1. The molecule has 0 saturated carbocycles. The van der Waals surface area contributed by atoms with Crippen molar-refractivity contribution in [3.63, 3.8) is 0 Å². The summed E-state index contributed by atoms with van der Waals surface area (Å²) < 4.78 is 9.38. The Bertz CT molecular complexity index is 904. The Kier molecular flexibility index (Phi) is 6.30. The number of rotatable bonds is 5. The van der Waals surface area contributed by atoms with Crippen LogP contribution < -0.4 is 11.5 Å². The Morgan fingerprint density at radius 1 is 0.767 bits per heavy atom. The first kappa shape index (κ1) is 23.5. The Morgan fingerprint density at radius 2 is 1.23 bits per heavy atom. The topological polar surface area (TPSA) is 12.0 Å². The molecule has 1 aliphatic rings. The zero-order valence-corrected chi connectivity index (χ0v) is 22.9. The van der Waals surface area contributed by atoms with Gasteiger partial charge in [-0.2, -0.15) is 0 Å². The van der Waals surface area contributed by atoms with Gasteiger partial charge in [-0.3, -0.25) is 0 Å². The van der Waals surface area contributed by atoms with Gasteiger partial charge in [-0.05, 0) is 0 Å². The monoisotopic (exact) mass is 454 g/mol. The fourth-order valence-corrected chi connectivity index (χ4v) is 33.6. The summed E-state index contributed by atoms with van der Waals surface area (Å²) in [5.74, 6) is 0. The van der Waals surface area contributed by atoms with Crippen molar-refractivity contribution < 1.29 is 14.8 Å². The third-order valence-electron chi connectivity index (χ3n) is 6.90. The van der Waals surface area contributed by atoms with E-state index in [-0.39, 0.29) is 11.0 Å². The van der Waals surface area contributed by atoms with Crippen molar-refractivity contribution in [2.45, 2.75) is 66.6 Å². The van der Waals surface area contributed by atoms with Gasteiger partial charge in [0, 0.05) is 0 Å². The molecule has 0 amide bonds. The second-order valence-corrected chi connectivity index (χ2v) is 31.1. The second-order valence-electron chi connectivity index (χ2n) is 11.3. The number of hydrogen-bond donors (Lipinski definition) is 1. The van der Waals surface area contributed by atoms with Gasteiger partial charge in [-0.15, -0.1) is 0 Å². The molecule has 2 aromatic carbocycles. The van der Waals surface area contributed by atoms with E-state index >= 15 is 0 Å². The second kappa shape index (κ2) is 8.06. The molecule has 30 heavy (non-hydrogen) atoms. The molecule has 0 heterocycles. The average molecular weight is 455 g/mol. The normalized spacial score (nSPS) is 16.8. The van der Waals surface area contributed by atoms with Crippen molar-refractivity contribution in [1.82, 2.24) is 3.80 Å². The quantitative estimate of drug-likeness (QED) is 0.557. The Balaban J connectivity index is 2.62.